The first-order valence-electron chi connectivity index (χ1n) is 9.00. The maximum Gasteiger partial charge on any atom is 0.257 e. The molecule has 0 bridgehead atoms. The maximum atomic E-state index is 12.7. The quantitative estimate of drug-likeness (QED) is 0.619. The fourth-order valence-corrected chi connectivity index (χ4v) is 2.75. The van der Waals surface area contributed by atoms with Gasteiger partial charge in [0.25, 0.3) is 5.91 Å². The van der Waals surface area contributed by atoms with Crippen LogP contribution < -0.4 is 20.1 Å². The average molecular weight is 377 g/mol. The first-order valence-corrected chi connectivity index (χ1v) is 9.00. The SMILES string of the molecule is CCOc1ccccc1NC(=O)c1cncc(Nc2cc(C)ccc2OC)c1. The summed E-state index contributed by atoms with van der Waals surface area (Å²) in [7, 11) is 1.62. The molecule has 0 fully saturated rings. The van der Waals surface area contributed by atoms with Crippen LogP contribution in [0.25, 0.3) is 0 Å². The monoisotopic (exact) mass is 377 g/mol. The summed E-state index contributed by atoms with van der Waals surface area (Å²) < 4.78 is 10.9. The maximum absolute atomic E-state index is 12.7. The van der Waals surface area contributed by atoms with E-state index < -0.39 is 0 Å². The molecular weight excluding hydrogens is 354 g/mol. The van der Waals surface area contributed by atoms with Gasteiger partial charge in [0.2, 0.25) is 0 Å². The largest absolute Gasteiger partial charge is 0.495 e. The predicted octanol–water partition coefficient (Wildman–Crippen LogP) is 4.79. The molecule has 0 atom stereocenters. The fourth-order valence-electron chi connectivity index (χ4n) is 2.75. The molecule has 0 spiro atoms. The normalized spacial score (nSPS) is 10.2. The van der Waals surface area contributed by atoms with Crippen molar-refractivity contribution < 1.29 is 14.3 Å². The molecule has 0 radical (unpaired) electrons. The standard InChI is InChI=1S/C22H23N3O3/c1-4-28-21-8-6-5-7-18(21)25-22(26)16-12-17(14-23-13-16)24-19-11-15(2)9-10-20(19)27-3/h5-14,24H,4H2,1-3H3,(H,25,26). The van der Waals surface area contributed by atoms with Crippen molar-refractivity contribution in [3.63, 3.8) is 0 Å². The smallest absolute Gasteiger partial charge is 0.257 e. The summed E-state index contributed by atoms with van der Waals surface area (Å²) in [5.41, 5.74) is 3.65. The van der Waals surface area contributed by atoms with E-state index in [-0.39, 0.29) is 5.91 Å². The van der Waals surface area contributed by atoms with Gasteiger partial charge in [-0.2, -0.15) is 0 Å². The minimum absolute atomic E-state index is 0.264. The van der Waals surface area contributed by atoms with Gasteiger partial charge in [-0.05, 0) is 49.7 Å². The van der Waals surface area contributed by atoms with E-state index in [4.69, 9.17) is 9.47 Å². The zero-order valence-electron chi connectivity index (χ0n) is 16.2. The van der Waals surface area contributed by atoms with Crippen molar-refractivity contribution in [2.45, 2.75) is 13.8 Å². The van der Waals surface area contributed by atoms with Crippen molar-refractivity contribution in [2.24, 2.45) is 0 Å². The number of carbonyl (C=O) groups is 1. The number of aromatic nitrogens is 1. The molecule has 1 heterocycles. The number of para-hydroxylation sites is 2. The molecule has 2 aromatic carbocycles. The Kier molecular flexibility index (Phi) is 6.11. The van der Waals surface area contributed by atoms with Gasteiger partial charge in [0.1, 0.15) is 11.5 Å². The Morgan fingerprint density at radius 2 is 1.86 bits per heavy atom. The minimum Gasteiger partial charge on any atom is -0.495 e. The van der Waals surface area contributed by atoms with E-state index in [1.54, 1.807) is 25.4 Å². The Balaban J connectivity index is 1.80. The summed E-state index contributed by atoms with van der Waals surface area (Å²) in [4.78, 5) is 16.9. The number of rotatable bonds is 7. The van der Waals surface area contributed by atoms with Gasteiger partial charge in [0.05, 0.1) is 42.5 Å². The number of carbonyl (C=O) groups excluding carboxylic acids is 1. The van der Waals surface area contributed by atoms with E-state index in [1.165, 1.54) is 6.20 Å². The molecule has 144 valence electrons. The van der Waals surface area contributed by atoms with Crippen molar-refractivity contribution in [3.8, 4) is 11.5 Å². The molecule has 6 nitrogen and oxygen atoms in total. The van der Waals surface area contributed by atoms with Crippen LogP contribution in [0.1, 0.15) is 22.8 Å². The van der Waals surface area contributed by atoms with Gasteiger partial charge < -0.3 is 20.1 Å². The van der Waals surface area contributed by atoms with Crippen LogP contribution in [0, 0.1) is 6.92 Å². The molecule has 1 amide bonds. The number of aryl methyl sites for hydroxylation is 1. The number of methoxy groups -OCH3 is 1. The number of amides is 1. The van der Waals surface area contributed by atoms with E-state index in [0.717, 1.165) is 11.3 Å². The van der Waals surface area contributed by atoms with Crippen molar-refractivity contribution >= 4 is 23.0 Å². The Hall–Kier alpha value is -3.54. The first-order chi connectivity index (χ1) is 13.6. The van der Waals surface area contributed by atoms with Crippen molar-refractivity contribution in [3.05, 3.63) is 72.1 Å². The molecule has 3 rings (SSSR count). The Labute approximate surface area is 164 Å². The second-order valence-electron chi connectivity index (χ2n) is 6.17. The van der Waals surface area contributed by atoms with E-state index in [2.05, 4.69) is 15.6 Å². The number of nitrogens with one attached hydrogen (secondary N) is 2. The molecule has 1 aromatic heterocycles. The molecule has 28 heavy (non-hydrogen) atoms. The minimum atomic E-state index is -0.264. The van der Waals surface area contributed by atoms with E-state index in [1.807, 2.05) is 50.2 Å². The lowest BCUT2D eigenvalue weighted by atomic mass is 10.2. The van der Waals surface area contributed by atoms with Gasteiger partial charge in [-0.1, -0.05) is 18.2 Å². The van der Waals surface area contributed by atoms with E-state index in [0.29, 0.717) is 35.0 Å². The van der Waals surface area contributed by atoms with Crippen LogP contribution in [0.15, 0.2) is 60.9 Å². The van der Waals surface area contributed by atoms with Gasteiger partial charge >= 0.3 is 0 Å². The van der Waals surface area contributed by atoms with Crippen LogP contribution in [-0.2, 0) is 0 Å². The van der Waals surface area contributed by atoms with Crippen LogP contribution in [0.3, 0.4) is 0 Å². The Bertz CT molecular complexity index is 973. The van der Waals surface area contributed by atoms with Gasteiger partial charge in [0.15, 0.2) is 0 Å². The zero-order chi connectivity index (χ0) is 19.9. The summed E-state index contributed by atoms with van der Waals surface area (Å²) in [5, 5.41) is 6.14. The van der Waals surface area contributed by atoms with Gasteiger partial charge in [-0.25, -0.2) is 0 Å². The highest BCUT2D eigenvalue weighted by Crippen LogP contribution is 2.29. The van der Waals surface area contributed by atoms with E-state index in [9.17, 15) is 4.79 Å². The summed E-state index contributed by atoms with van der Waals surface area (Å²) in [6, 6.07) is 14.9. The second kappa shape index (κ2) is 8.90. The Morgan fingerprint density at radius 3 is 2.64 bits per heavy atom. The van der Waals surface area contributed by atoms with Gasteiger partial charge in [-0.15, -0.1) is 0 Å². The summed E-state index contributed by atoms with van der Waals surface area (Å²) >= 11 is 0. The fraction of sp³-hybridized carbons (Fsp3) is 0.182. The van der Waals surface area contributed by atoms with Crippen LogP contribution in [-0.4, -0.2) is 24.6 Å². The Morgan fingerprint density at radius 1 is 1.04 bits per heavy atom. The number of ether oxygens (including phenoxy) is 2. The summed E-state index contributed by atoms with van der Waals surface area (Å²) in [6.45, 7) is 4.42. The average Bonchev–Trinajstić information content (AvgIpc) is 2.70. The second-order valence-corrected chi connectivity index (χ2v) is 6.17. The number of benzene rings is 2. The number of hydrogen-bond acceptors (Lipinski definition) is 5. The van der Waals surface area contributed by atoms with Crippen LogP contribution in [0.2, 0.25) is 0 Å². The highest BCUT2D eigenvalue weighted by atomic mass is 16.5. The molecule has 0 unspecified atom stereocenters. The first kappa shape index (κ1) is 19.2. The molecule has 3 aromatic rings. The number of anilines is 3. The van der Waals surface area contributed by atoms with E-state index >= 15 is 0 Å². The number of hydrogen-bond donors (Lipinski definition) is 2. The van der Waals surface area contributed by atoms with Crippen LogP contribution in [0.4, 0.5) is 17.1 Å². The lowest BCUT2D eigenvalue weighted by molar-refractivity contribution is 0.102. The topological polar surface area (TPSA) is 72.5 Å². The molecule has 0 aliphatic heterocycles. The third kappa shape index (κ3) is 4.59. The highest BCUT2D eigenvalue weighted by molar-refractivity contribution is 6.05. The van der Waals surface area contributed by atoms with Crippen LogP contribution in [0.5, 0.6) is 11.5 Å². The molecule has 0 aliphatic rings. The predicted molar refractivity (Wildman–Crippen MR) is 111 cm³/mol. The summed E-state index contributed by atoms with van der Waals surface area (Å²) in [5.74, 6) is 1.08. The highest BCUT2D eigenvalue weighted by Gasteiger charge is 2.12. The third-order valence-electron chi connectivity index (χ3n) is 4.07. The zero-order valence-corrected chi connectivity index (χ0v) is 16.2. The lowest BCUT2D eigenvalue weighted by Crippen LogP contribution is -2.13. The molecule has 6 heteroatoms. The molecule has 0 saturated heterocycles. The van der Waals surface area contributed by atoms with Crippen molar-refractivity contribution in [1.82, 2.24) is 4.98 Å². The van der Waals surface area contributed by atoms with Gasteiger partial charge in [0, 0.05) is 6.20 Å². The lowest BCUT2D eigenvalue weighted by Gasteiger charge is -2.13. The van der Waals surface area contributed by atoms with Gasteiger partial charge in [-0.3, -0.25) is 9.78 Å². The number of pyridine rings is 1. The molecule has 0 saturated carbocycles. The third-order valence-corrected chi connectivity index (χ3v) is 4.07. The molecule has 0 aliphatic carbocycles. The van der Waals surface area contributed by atoms with Crippen molar-refractivity contribution in [1.29, 1.82) is 0 Å². The summed E-state index contributed by atoms with van der Waals surface area (Å²) in [6.07, 6.45) is 3.18. The van der Waals surface area contributed by atoms with Crippen LogP contribution >= 0.6 is 0 Å². The van der Waals surface area contributed by atoms with Crippen molar-refractivity contribution in [2.75, 3.05) is 24.4 Å². The molecular formula is C22H23N3O3. The molecule has 2 N–H and O–H groups in total. The number of nitrogens with zero attached hydrogens (tertiary/aromatic N) is 1.